The summed E-state index contributed by atoms with van der Waals surface area (Å²) in [5.41, 5.74) is 1.58. The van der Waals surface area contributed by atoms with Gasteiger partial charge in [0.1, 0.15) is 0 Å². The summed E-state index contributed by atoms with van der Waals surface area (Å²) in [6.45, 7) is 15.0. The molecule has 0 heterocycles. The summed E-state index contributed by atoms with van der Waals surface area (Å²) >= 11 is 0. The normalized spacial score (nSPS) is 20.8. The van der Waals surface area contributed by atoms with Crippen LogP contribution in [0.3, 0.4) is 0 Å². The standard InChI is InChI=1S/C15H26O.3H3N.H3O4P/c1-11-8-9-15(16,14(5,6)7)12(10-11)13(2,3)4;;;;1-5(2,3)4/h8,10,16H,9H2,1-7H3;3*1H3;(H3,1,2,3,4). The topological polar surface area (TPSA) is 203 Å². The second kappa shape index (κ2) is 9.79. The molecule has 9 heteroatoms. The Morgan fingerprint density at radius 2 is 1.33 bits per heavy atom. The lowest BCUT2D eigenvalue weighted by molar-refractivity contribution is -0.0364. The van der Waals surface area contributed by atoms with Crippen LogP contribution in [0.2, 0.25) is 0 Å². The van der Waals surface area contributed by atoms with E-state index in [1.807, 2.05) is 0 Å². The first-order valence-corrected chi connectivity index (χ1v) is 8.45. The molecule has 0 aromatic rings. The van der Waals surface area contributed by atoms with E-state index in [0.717, 1.165) is 12.0 Å². The lowest BCUT2D eigenvalue weighted by Crippen LogP contribution is -2.48. The molecule has 1 unspecified atom stereocenters. The summed E-state index contributed by atoms with van der Waals surface area (Å²) < 4.78 is 8.88. The zero-order valence-electron chi connectivity index (χ0n) is 16.1. The van der Waals surface area contributed by atoms with Crippen LogP contribution in [0.1, 0.15) is 54.9 Å². The Balaban J connectivity index is -0.000000221. The molecule has 1 aliphatic carbocycles. The maximum atomic E-state index is 11.0. The van der Waals surface area contributed by atoms with Crippen molar-refractivity contribution in [3.8, 4) is 0 Å². The number of hydrogen-bond donors (Lipinski definition) is 7. The Morgan fingerprint density at radius 1 is 1.00 bits per heavy atom. The third kappa shape index (κ3) is 9.66. The van der Waals surface area contributed by atoms with Crippen LogP contribution in [-0.4, -0.2) is 25.4 Å². The van der Waals surface area contributed by atoms with Crippen molar-refractivity contribution in [3.05, 3.63) is 23.3 Å². The largest absolute Gasteiger partial charge is 0.466 e. The van der Waals surface area contributed by atoms with Crippen LogP contribution in [-0.2, 0) is 4.57 Å². The van der Waals surface area contributed by atoms with Crippen LogP contribution < -0.4 is 18.5 Å². The molecule has 0 bridgehead atoms. The first kappa shape index (κ1) is 31.2. The molecule has 0 saturated carbocycles. The van der Waals surface area contributed by atoms with Gasteiger partial charge >= 0.3 is 7.82 Å². The molecule has 0 amide bonds. The Hall–Kier alpha value is -0.570. The second-order valence-corrected chi connectivity index (χ2v) is 8.61. The minimum Gasteiger partial charge on any atom is -0.385 e. The summed E-state index contributed by atoms with van der Waals surface area (Å²) in [7, 11) is -4.64. The SMILES string of the molecule is CC1=CCC(O)(C(C)(C)C)C(C(C)(C)C)=C1.N.N.N.O=P(O)(O)O. The van der Waals surface area contributed by atoms with E-state index in [0.29, 0.717) is 0 Å². The molecule has 0 aromatic heterocycles. The average molecular weight is 371 g/mol. The van der Waals surface area contributed by atoms with Crippen LogP contribution in [0.25, 0.3) is 0 Å². The molecular weight excluding hydrogens is 333 g/mol. The van der Waals surface area contributed by atoms with E-state index >= 15 is 0 Å². The van der Waals surface area contributed by atoms with Crippen molar-refractivity contribution in [2.45, 2.75) is 60.5 Å². The lowest BCUT2D eigenvalue weighted by atomic mass is 9.61. The molecule has 0 fully saturated rings. The predicted octanol–water partition coefficient (Wildman–Crippen LogP) is 3.64. The van der Waals surface area contributed by atoms with Gasteiger partial charge in [0.15, 0.2) is 0 Å². The molecule has 24 heavy (non-hydrogen) atoms. The van der Waals surface area contributed by atoms with Gasteiger partial charge < -0.3 is 38.2 Å². The van der Waals surface area contributed by atoms with Gasteiger partial charge in [-0.3, -0.25) is 0 Å². The van der Waals surface area contributed by atoms with Crippen molar-refractivity contribution >= 4 is 7.82 Å². The minimum absolute atomic E-state index is 0. The van der Waals surface area contributed by atoms with E-state index in [1.165, 1.54) is 5.57 Å². The van der Waals surface area contributed by atoms with Crippen molar-refractivity contribution < 1.29 is 24.4 Å². The van der Waals surface area contributed by atoms with Gasteiger partial charge in [0.2, 0.25) is 0 Å². The Kier molecular flexibility index (Phi) is 12.7. The van der Waals surface area contributed by atoms with Crippen molar-refractivity contribution in [3.63, 3.8) is 0 Å². The summed E-state index contributed by atoms with van der Waals surface area (Å²) in [5, 5.41) is 11.0. The van der Waals surface area contributed by atoms with E-state index in [1.54, 1.807) is 0 Å². The van der Waals surface area contributed by atoms with Gasteiger partial charge in [-0.15, -0.1) is 0 Å². The first-order valence-electron chi connectivity index (χ1n) is 6.88. The van der Waals surface area contributed by atoms with Gasteiger partial charge in [-0.2, -0.15) is 0 Å². The van der Waals surface area contributed by atoms with Gasteiger partial charge in [0.05, 0.1) is 5.60 Å². The van der Waals surface area contributed by atoms with E-state index in [-0.39, 0.29) is 29.3 Å². The average Bonchev–Trinajstić information content (AvgIpc) is 2.16. The number of phosphoric acid groups is 1. The third-order valence-corrected chi connectivity index (χ3v) is 3.59. The molecule has 1 rings (SSSR count). The number of rotatable bonds is 0. The predicted molar refractivity (Wildman–Crippen MR) is 99.6 cm³/mol. The van der Waals surface area contributed by atoms with E-state index in [4.69, 9.17) is 19.2 Å². The molecule has 0 saturated heterocycles. The van der Waals surface area contributed by atoms with Gasteiger partial charge in [-0.1, -0.05) is 59.3 Å². The van der Waals surface area contributed by atoms with Crippen molar-refractivity contribution in [1.82, 2.24) is 18.5 Å². The Labute approximate surface area is 146 Å². The molecule has 148 valence electrons. The quantitative estimate of drug-likeness (QED) is 0.312. The number of allylic oxidation sites excluding steroid dienone is 2. The van der Waals surface area contributed by atoms with Gasteiger partial charge in [-0.25, -0.2) is 4.57 Å². The fraction of sp³-hybridized carbons (Fsp3) is 0.733. The molecule has 0 aromatic carbocycles. The number of hydrogen-bond acceptors (Lipinski definition) is 5. The van der Waals surface area contributed by atoms with Crippen LogP contribution in [0.5, 0.6) is 0 Å². The number of aliphatic hydroxyl groups is 1. The van der Waals surface area contributed by atoms with Gasteiger partial charge in [0.25, 0.3) is 0 Å². The van der Waals surface area contributed by atoms with Crippen molar-refractivity contribution in [1.29, 1.82) is 0 Å². The molecule has 8 nitrogen and oxygen atoms in total. The van der Waals surface area contributed by atoms with Gasteiger partial charge in [-0.05, 0) is 29.7 Å². The maximum Gasteiger partial charge on any atom is 0.466 e. The van der Waals surface area contributed by atoms with Crippen LogP contribution in [0.4, 0.5) is 0 Å². The fourth-order valence-corrected chi connectivity index (χ4v) is 2.37. The molecule has 13 N–H and O–H groups in total. The van der Waals surface area contributed by atoms with Crippen LogP contribution in [0.15, 0.2) is 23.3 Å². The highest BCUT2D eigenvalue weighted by molar-refractivity contribution is 7.45. The third-order valence-electron chi connectivity index (χ3n) is 3.59. The zero-order valence-corrected chi connectivity index (χ0v) is 17.0. The zero-order chi connectivity index (χ0) is 17.3. The molecule has 1 aliphatic rings. The highest BCUT2D eigenvalue weighted by Crippen LogP contribution is 2.48. The minimum atomic E-state index is -4.64. The second-order valence-electron chi connectivity index (χ2n) is 7.58. The summed E-state index contributed by atoms with van der Waals surface area (Å²) in [5.74, 6) is 0. The van der Waals surface area contributed by atoms with E-state index in [2.05, 4.69) is 60.6 Å². The first-order chi connectivity index (χ1) is 8.98. The summed E-state index contributed by atoms with van der Waals surface area (Å²) in [6, 6.07) is 0. The molecule has 1 atom stereocenters. The molecule has 0 aliphatic heterocycles. The lowest BCUT2D eigenvalue weighted by Gasteiger charge is -2.48. The highest BCUT2D eigenvalue weighted by atomic mass is 31.2. The van der Waals surface area contributed by atoms with Crippen molar-refractivity contribution in [2.24, 2.45) is 10.8 Å². The van der Waals surface area contributed by atoms with E-state index < -0.39 is 13.4 Å². The maximum absolute atomic E-state index is 11.0. The van der Waals surface area contributed by atoms with E-state index in [9.17, 15) is 5.11 Å². The highest BCUT2D eigenvalue weighted by Gasteiger charge is 2.46. The Morgan fingerprint density at radius 3 is 1.58 bits per heavy atom. The molecular formula is C15H38N3O5P. The van der Waals surface area contributed by atoms with Crippen LogP contribution in [0, 0.1) is 10.8 Å². The Bertz CT molecular complexity index is 478. The summed E-state index contributed by atoms with van der Waals surface area (Å²) in [6.07, 6.45) is 5.03. The summed E-state index contributed by atoms with van der Waals surface area (Å²) in [4.78, 5) is 21.6. The fourth-order valence-electron chi connectivity index (χ4n) is 2.37. The van der Waals surface area contributed by atoms with Crippen LogP contribution >= 0.6 is 7.82 Å². The van der Waals surface area contributed by atoms with Gasteiger partial charge in [0, 0.05) is 0 Å². The molecule has 0 spiro atoms. The van der Waals surface area contributed by atoms with Crippen molar-refractivity contribution in [2.75, 3.05) is 0 Å². The molecule has 0 radical (unpaired) electrons. The monoisotopic (exact) mass is 371 g/mol. The smallest absolute Gasteiger partial charge is 0.385 e.